The van der Waals surface area contributed by atoms with Crippen LogP contribution in [0.25, 0.3) is 10.9 Å². The van der Waals surface area contributed by atoms with Gasteiger partial charge in [0.05, 0.1) is 0 Å². The van der Waals surface area contributed by atoms with E-state index in [1.165, 1.54) is 12.1 Å². The molecular formula is C22H25FN2O. The number of aromatic nitrogens is 1. The number of benzene rings is 2. The van der Waals surface area contributed by atoms with Gasteiger partial charge in [0.1, 0.15) is 5.82 Å². The van der Waals surface area contributed by atoms with Crippen molar-refractivity contribution in [1.29, 1.82) is 0 Å². The number of para-hydroxylation sites is 1. The Hall–Kier alpha value is -2.62. The molecule has 0 spiro atoms. The predicted molar refractivity (Wildman–Crippen MR) is 104 cm³/mol. The van der Waals surface area contributed by atoms with Gasteiger partial charge in [-0.15, -0.1) is 0 Å². The maximum atomic E-state index is 13.8. The Balaban J connectivity index is 1.96. The van der Waals surface area contributed by atoms with Crippen LogP contribution in [-0.2, 0) is 4.79 Å². The zero-order valence-electron chi connectivity index (χ0n) is 15.4. The fourth-order valence-electron chi connectivity index (χ4n) is 3.18. The van der Waals surface area contributed by atoms with Gasteiger partial charge in [-0.2, -0.15) is 0 Å². The van der Waals surface area contributed by atoms with Crippen molar-refractivity contribution >= 4 is 16.8 Å². The number of aromatic amines is 1. The van der Waals surface area contributed by atoms with E-state index in [0.29, 0.717) is 5.92 Å². The van der Waals surface area contributed by atoms with Crippen molar-refractivity contribution in [3.8, 4) is 0 Å². The first-order valence-electron chi connectivity index (χ1n) is 9.06. The van der Waals surface area contributed by atoms with Crippen LogP contribution in [0, 0.1) is 11.7 Å². The topological polar surface area (TPSA) is 44.9 Å². The number of H-pyrrole nitrogens is 1. The number of hydrogen-bond acceptors (Lipinski definition) is 1. The lowest BCUT2D eigenvalue weighted by Gasteiger charge is -2.21. The summed E-state index contributed by atoms with van der Waals surface area (Å²) in [6, 6.07) is 14.6. The fraction of sp³-hybridized carbons (Fsp3) is 0.318. The number of halogens is 1. The predicted octanol–water partition coefficient (Wildman–Crippen LogP) is 4.99. The van der Waals surface area contributed by atoms with Crippen LogP contribution in [0.2, 0.25) is 0 Å². The van der Waals surface area contributed by atoms with Crippen molar-refractivity contribution in [1.82, 2.24) is 10.3 Å². The van der Waals surface area contributed by atoms with E-state index in [-0.39, 0.29) is 30.1 Å². The van der Waals surface area contributed by atoms with Crippen molar-refractivity contribution in [3.63, 3.8) is 0 Å². The first-order valence-corrected chi connectivity index (χ1v) is 9.06. The van der Waals surface area contributed by atoms with Crippen LogP contribution in [-0.4, -0.2) is 16.9 Å². The molecule has 0 aliphatic carbocycles. The summed E-state index contributed by atoms with van der Waals surface area (Å²) in [7, 11) is 0. The molecule has 2 unspecified atom stereocenters. The summed E-state index contributed by atoms with van der Waals surface area (Å²) >= 11 is 0. The number of carbonyl (C=O) groups excluding carboxylic acids is 1. The standard InChI is InChI=1S/C22H25FN2O/c1-14(2)15(3)25-22(26)12-19(16-7-6-8-17(23)11-16)20-13-24-21-10-5-4-9-18(20)21/h4-11,13-15,19,24H,12H2,1-3H3,(H,25,26). The third-order valence-corrected chi connectivity index (χ3v) is 5.03. The molecule has 0 aliphatic heterocycles. The van der Waals surface area contributed by atoms with Gasteiger partial charge >= 0.3 is 0 Å². The molecule has 0 fully saturated rings. The molecule has 3 aromatic rings. The second-order valence-electron chi connectivity index (χ2n) is 7.20. The normalized spacial score (nSPS) is 13.7. The Bertz CT molecular complexity index is 900. The van der Waals surface area contributed by atoms with Crippen molar-refractivity contribution in [2.75, 3.05) is 0 Å². The van der Waals surface area contributed by atoms with Crippen LogP contribution in [0.3, 0.4) is 0 Å². The molecule has 0 saturated carbocycles. The molecule has 26 heavy (non-hydrogen) atoms. The molecule has 0 bridgehead atoms. The average molecular weight is 352 g/mol. The minimum absolute atomic E-state index is 0.0225. The molecule has 0 aliphatic rings. The van der Waals surface area contributed by atoms with Crippen LogP contribution in [0.15, 0.2) is 54.7 Å². The monoisotopic (exact) mass is 352 g/mol. The number of rotatable bonds is 6. The van der Waals surface area contributed by atoms with E-state index in [4.69, 9.17) is 0 Å². The van der Waals surface area contributed by atoms with Gasteiger partial charge in [0, 0.05) is 35.5 Å². The lowest BCUT2D eigenvalue weighted by molar-refractivity contribution is -0.122. The summed E-state index contributed by atoms with van der Waals surface area (Å²) in [6.45, 7) is 6.16. The van der Waals surface area contributed by atoms with Gasteiger partial charge in [-0.3, -0.25) is 4.79 Å². The van der Waals surface area contributed by atoms with Gasteiger partial charge < -0.3 is 10.3 Å². The Kier molecular flexibility index (Phi) is 5.40. The van der Waals surface area contributed by atoms with Crippen molar-refractivity contribution in [2.45, 2.75) is 39.2 Å². The molecule has 1 heterocycles. The Morgan fingerprint density at radius 2 is 1.88 bits per heavy atom. The second-order valence-corrected chi connectivity index (χ2v) is 7.20. The molecule has 0 radical (unpaired) electrons. The largest absolute Gasteiger partial charge is 0.361 e. The first-order chi connectivity index (χ1) is 12.5. The highest BCUT2D eigenvalue weighted by atomic mass is 19.1. The van der Waals surface area contributed by atoms with Gasteiger partial charge in [0.2, 0.25) is 5.91 Å². The highest BCUT2D eigenvalue weighted by molar-refractivity contribution is 5.86. The van der Waals surface area contributed by atoms with Crippen LogP contribution >= 0.6 is 0 Å². The minimum atomic E-state index is -0.289. The van der Waals surface area contributed by atoms with Crippen LogP contribution in [0.5, 0.6) is 0 Å². The third-order valence-electron chi connectivity index (χ3n) is 5.03. The number of hydrogen-bond donors (Lipinski definition) is 2. The third kappa shape index (κ3) is 3.96. The summed E-state index contributed by atoms with van der Waals surface area (Å²) in [5, 5.41) is 4.12. The zero-order valence-corrected chi connectivity index (χ0v) is 15.4. The van der Waals surface area contributed by atoms with E-state index in [9.17, 15) is 9.18 Å². The van der Waals surface area contributed by atoms with E-state index in [2.05, 4.69) is 24.1 Å². The molecule has 1 amide bonds. The molecule has 2 aromatic carbocycles. The maximum Gasteiger partial charge on any atom is 0.221 e. The average Bonchev–Trinajstić information content (AvgIpc) is 3.03. The Labute approximate surface area is 153 Å². The quantitative estimate of drug-likeness (QED) is 0.645. The maximum absolute atomic E-state index is 13.8. The fourth-order valence-corrected chi connectivity index (χ4v) is 3.18. The highest BCUT2D eigenvalue weighted by Crippen LogP contribution is 2.33. The lowest BCUT2D eigenvalue weighted by atomic mass is 9.87. The molecule has 136 valence electrons. The number of amides is 1. The van der Waals surface area contributed by atoms with Gasteiger partial charge in [0.25, 0.3) is 0 Å². The smallest absolute Gasteiger partial charge is 0.221 e. The van der Waals surface area contributed by atoms with Crippen LogP contribution < -0.4 is 5.32 Å². The second kappa shape index (κ2) is 7.73. The van der Waals surface area contributed by atoms with Crippen molar-refractivity contribution in [2.24, 2.45) is 5.92 Å². The molecule has 4 heteroatoms. The van der Waals surface area contributed by atoms with Crippen molar-refractivity contribution in [3.05, 3.63) is 71.7 Å². The molecule has 1 aromatic heterocycles. The summed E-state index contributed by atoms with van der Waals surface area (Å²) in [4.78, 5) is 15.9. The number of fused-ring (bicyclic) bond motifs is 1. The van der Waals surface area contributed by atoms with Crippen LogP contribution in [0.4, 0.5) is 4.39 Å². The summed E-state index contributed by atoms with van der Waals surface area (Å²) in [5.41, 5.74) is 2.83. The van der Waals surface area contributed by atoms with E-state index in [1.54, 1.807) is 6.07 Å². The molecule has 2 atom stereocenters. The molecule has 0 saturated heterocycles. The van der Waals surface area contributed by atoms with Gasteiger partial charge in [-0.25, -0.2) is 4.39 Å². The lowest BCUT2D eigenvalue weighted by Crippen LogP contribution is -2.36. The first kappa shape index (κ1) is 18.2. The van der Waals surface area contributed by atoms with Gasteiger partial charge in [0.15, 0.2) is 0 Å². The van der Waals surface area contributed by atoms with Gasteiger partial charge in [-0.1, -0.05) is 44.2 Å². The number of nitrogens with one attached hydrogen (secondary N) is 2. The summed E-state index contributed by atoms with van der Waals surface area (Å²) < 4.78 is 13.8. The van der Waals surface area contributed by atoms with Gasteiger partial charge in [-0.05, 0) is 42.2 Å². The molecular weight excluding hydrogens is 327 g/mol. The van der Waals surface area contributed by atoms with E-state index in [1.807, 2.05) is 43.5 Å². The van der Waals surface area contributed by atoms with E-state index >= 15 is 0 Å². The van der Waals surface area contributed by atoms with E-state index < -0.39 is 0 Å². The Morgan fingerprint density at radius 3 is 2.62 bits per heavy atom. The molecule has 3 nitrogen and oxygen atoms in total. The minimum Gasteiger partial charge on any atom is -0.361 e. The highest BCUT2D eigenvalue weighted by Gasteiger charge is 2.23. The Morgan fingerprint density at radius 1 is 1.12 bits per heavy atom. The van der Waals surface area contributed by atoms with E-state index in [0.717, 1.165) is 22.0 Å². The molecule has 2 N–H and O–H groups in total. The molecule has 3 rings (SSSR count). The van der Waals surface area contributed by atoms with Crippen molar-refractivity contribution < 1.29 is 9.18 Å². The summed E-state index contributed by atoms with van der Waals surface area (Å²) in [6.07, 6.45) is 2.21. The zero-order chi connectivity index (χ0) is 18.7. The number of carbonyl (C=O) groups is 1. The SMILES string of the molecule is CC(C)C(C)NC(=O)CC(c1cccc(F)c1)c1c[nH]c2ccccc12. The van der Waals surface area contributed by atoms with Crippen LogP contribution in [0.1, 0.15) is 44.2 Å². The summed E-state index contributed by atoms with van der Waals surface area (Å²) in [5.74, 6) is -0.157.